The number of nitrogens with two attached hydrogens (primary N) is 2. The Morgan fingerprint density at radius 2 is 1.68 bits per heavy atom. The van der Waals surface area contributed by atoms with Crippen LogP contribution in [0.15, 0.2) is 0 Å². The van der Waals surface area contributed by atoms with Gasteiger partial charge in [-0.15, -0.1) is 0 Å². The summed E-state index contributed by atoms with van der Waals surface area (Å²) in [7, 11) is 0. The van der Waals surface area contributed by atoms with Crippen LogP contribution in [0.2, 0.25) is 0 Å². The zero-order valence-electron chi connectivity index (χ0n) is 13.9. The van der Waals surface area contributed by atoms with Gasteiger partial charge in [0, 0.05) is 29.6 Å². The summed E-state index contributed by atoms with van der Waals surface area (Å²) in [5.41, 5.74) is 11.9. The Balaban J connectivity index is 1.95. The minimum Gasteiger partial charge on any atom is -0.291 e. The van der Waals surface area contributed by atoms with Crippen molar-refractivity contribution in [3.8, 4) is 0 Å². The van der Waals surface area contributed by atoms with Crippen LogP contribution in [0.1, 0.15) is 51.9 Å². The summed E-state index contributed by atoms with van der Waals surface area (Å²) in [6.07, 6.45) is 8.13. The first-order valence-corrected chi connectivity index (χ1v) is 10.2. The Labute approximate surface area is 145 Å². The molecule has 2 atom stereocenters. The van der Waals surface area contributed by atoms with E-state index in [0.29, 0.717) is 0 Å². The topological polar surface area (TPSA) is 80.0 Å². The van der Waals surface area contributed by atoms with E-state index >= 15 is 0 Å². The number of amidine groups is 2. The third kappa shape index (κ3) is 8.93. The SMILES string of the molecule is CC1CCC1SCC[NH+]=C(N)CCCCCC(N)=[NH+]CCS. The maximum Gasteiger partial charge on any atom is 0.240 e. The van der Waals surface area contributed by atoms with Crippen LogP contribution in [0.3, 0.4) is 0 Å². The average molecular weight is 347 g/mol. The van der Waals surface area contributed by atoms with Gasteiger partial charge in [0.25, 0.3) is 0 Å². The largest absolute Gasteiger partial charge is 0.291 e. The fraction of sp³-hybridized carbons (Fsp3) is 0.875. The fourth-order valence-corrected chi connectivity index (χ4v) is 3.91. The molecular weight excluding hydrogens is 312 g/mol. The van der Waals surface area contributed by atoms with Crippen LogP contribution in [0.25, 0.3) is 0 Å². The molecule has 0 aromatic heterocycles. The van der Waals surface area contributed by atoms with E-state index in [-0.39, 0.29) is 0 Å². The first-order valence-electron chi connectivity index (χ1n) is 8.56. The van der Waals surface area contributed by atoms with Gasteiger partial charge in [-0.25, -0.2) is 0 Å². The van der Waals surface area contributed by atoms with E-state index in [4.69, 9.17) is 11.5 Å². The lowest BCUT2D eigenvalue weighted by Crippen LogP contribution is -2.76. The number of rotatable bonds is 12. The molecule has 1 fully saturated rings. The predicted octanol–water partition coefficient (Wildman–Crippen LogP) is -0.726. The quantitative estimate of drug-likeness (QED) is 0.140. The van der Waals surface area contributed by atoms with Gasteiger partial charge >= 0.3 is 0 Å². The van der Waals surface area contributed by atoms with Crippen LogP contribution in [0.5, 0.6) is 0 Å². The summed E-state index contributed by atoms with van der Waals surface area (Å²) in [6.45, 7) is 4.19. The summed E-state index contributed by atoms with van der Waals surface area (Å²) in [5.74, 6) is 4.71. The maximum atomic E-state index is 6.02. The van der Waals surface area contributed by atoms with Gasteiger partial charge in [-0.3, -0.25) is 21.5 Å². The molecule has 0 aromatic carbocycles. The van der Waals surface area contributed by atoms with Gasteiger partial charge in [0.1, 0.15) is 0 Å². The van der Waals surface area contributed by atoms with Crippen molar-refractivity contribution >= 4 is 36.1 Å². The van der Waals surface area contributed by atoms with E-state index in [1.54, 1.807) is 0 Å². The summed E-state index contributed by atoms with van der Waals surface area (Å²) in [5, 5.41) is 0.890. The highest BCUT2D eigenvalue weighted by molar-refractivity contribution is 8.00. The molecule has 0 radical (unpaired) electrons. The molecule has 2 unspecified atom stereocenters. The molecule has 0 heterocycles. The average Bonchev–Trinajstić information content (AvgIpc) is 2.50. The fourth-order valence-electron chi connectivity index (χ4n) is 2.51. The molecule has 0 aliphatic heterocycles. The molecule has 1 saturated carbocycles. The van der Waals surface area contributed by atoms with Crippen molar-refractivity contribution in [2.75, 3.05) is 24.6 Å². The van der Waals surface area contributed by atoms with Gasteiger partial charge < -0.3 is 0 Å². The lowest BCUT2D eigenvalue weighted by molar-refractivity contribution is -0.453. The molecule has 0 spiro atoms. The number of hydrogen-bond acceptors (Lipinski definition) is 2. The third-order valence-electron chi connectivity index (χ3n) is 4.18. The van der Waals surface area contributed by atoms with Crippen molar-refractivity contribution < 1.29 is 9.98 Å². The van der Waals surface area contributed by atoms with Crippen molar-refractivity contribution in [2.45, 2.75) is 57.1 Å². The Hall–Kier alpha value is -0.360. The highest BCUT2D eigenvalue weighted by Gasteiger charge is 2.26. The van der Waals surface area contributed by atoms with Crippen molar-refractivity contribution in [3.63, 3.8) is 0 Å². The molecule has 1 aliphatic rings. The van der Waals surface area contributed by atoms with E-state index < -0.39 is 0 Å². The molecule has 4 nitrogen and oxygen atoms in total. The lowest BCUT2D eigenvalue weighted by Gasteiger charge is -2.32. The van der Waals surface area contributed by atoms with Crippen molar-refractivity contribution in [1.82, 2.24) is 0 Å². The van der Waals surface area contributed by atoms with Crippen LogP contribution < -0.4 is 21.5 Å². The molecule has 6 heteroatoms. The van der Waals surface area contributed by atoms with Crippen LogP contribution in [0.4, 0.5) is 0 Å². The highest BCUT2D eigenvalue weighted by Crippen LogP contribution is 2.36. The number of unbranched alkanes of at least 4 members (excludes halogenated alkanes) is 2. The molecule has 128 valence electrons. The van der Waals surface area contributed by atoms with Crippen molar-refractivity contribution in [2.24, 2.45) is 17.4 Å². The second-order valence-corrected chi connectivity index (χ2v) is 7.95. The standard InChI is InChI=1S/C16H32N4S2/c1-13-7-8-14(13)22-12-10-20-16(18)6-4-2-3-5-15(17)19-9-11-21/h13-14,21H,2-12H2,1H3,(H2,17,19)(H2,18,20)/p+2. The third-order valence-corrected chi connectivity index (χ3v) is 5.98. The predicted molar refractivity (Wildman–Crippen MR) is 102 cm³/mol. The normalized spacial score (nSPS) is 22.6. The molecule has 22 heavy (non-hydrogen) atoms. The second kappa shape index (κ2) is 12.1. The maximum absolute atomic E-state index is 6.02. The van der Waals surface area contributed by atoms with Gasteiger partial charge in [0.2, 0.25) is 11.7 Å². The van der Waals surface area contributed by atoms with Crippen LogP contribution in [-0.2, 0) is 0 Å². The first kappa shape index (κ1) is 19.7. The van der Waals surface area contributed by atoms with Crippen LogP contribution in [-0.4, -0.2) is 41.5 Å². The van der Waals surface area contributed by atoms with Gasteiger partial charge in [-0.2, -0.15) is 24.4 Å². The molecule has 1 rings (SSSR count). The molecular formula is C16H34N4S2+2. The van der Waals surface area contributed by atoms with Crippen LogP contribution in [0, 0.1) is 5.92 Å². The minimum atomic E-state index is 0.815. The smallest absolute Gasteiger partial charge is 0.240 e. The van der Waals surface area contributed by atoms with Gasteiger partial charge in [0.05, 0.1) is 13.1 Å². The summed E-state index contributed by atoms with van der Waals surface area (Å²) in [6, 6.07) is 0. The van der Waals surface area contributed by atoms with Gasteiger partial charge in [-0.1, -0.05) is 13.3 Å². The zero-order valence-corrected chi connectivity index (χ0v) is 15.7. The molecule has 0 saturated heterocycles. The number of hydrogen-bond donors (Lipinski definition) is 5. The van der Waals surface area contributed by atoms with E-state index in [2.05, 4.69) is 41.3 Å². The molecule has 0 amide bonds. The van der Waals surface area contributed by atoms with Crippen molar-refractivity contribution in [1.29, 1.82) is 0 Å². The minimum absolute atomic E-state index is 0.815. The van der Waals surface area contributed by atoms with Gasteiger partial charge in [-0.05, 0) is 31.6 Å². The highest BCUT2D eigenvalue weighted by atomic mass is 32.2. The Kier molecular flexibility index (Phi) is 10.8. The van der Waals surface area contributed by atoms with Crippen molar-refractivity contribution in [3.05, 3.63) is 0 Å². The molecule has 1 aliphatic carbocycles. The molecule has 6 N–H and O–H groups in total. The zero-order chi connectivity index (χ0) is 16.2. The van der Waals surface area contributed by atoms with E-state index in [0.717, 1.165) is 73.1 Å². The van der Waals surface area contributed by atoms with E-state index in [1.165, 1.54) is 19.3 Å². The Bertz CT molecular complexity index is 358. The summed E-state index contributed by atoms with van der Waals surface area (Å²) in [4.78, 5) is 6.51. The monoisotopic (exact) mass is 346 g/mol. The lowest BCUT2D eigenvalue weighted by atomic mass is 9.87. The Morgan fingerprint density at radius 1 is 1.05 bits per heavy atom. The number of thioether (sulfide) groups is 1. The van der Waals surface area contributed by atoms with E-state index in [1.807, 2.05) is 0 Å². The number of nitrogens with one attached hydrogen (secondary N) is 2. The van der Waals surface area contributed by atoms with Crippen LogP contribution >= 0.6 is 24.4 Å². The first-order chi connectivity index (χ1) is 10.6. The molecule has 0 bridgehead atoms. The Morgan fingerprint density at radius 3 is 2.18 bits per heavy atom. The summed E-state index contributed by atoms with van der Waals surface area (Å²) >= 11 is 6.24. The molecule has 0 aromatic rings. The second-order valence-electron chi connectivity index (χ2n) is 6.15. The number of thiol groups is 1. The summed E-state index contributed by atoms with van der Waals surface area (Å²) < 4.78 is 0. The van der Waals surface area contributed by atoms with E-state index in [9.17, 15) is 0 Å². The van der Waals surface area contributed by atoms with Gasteiger partial charge in [0.15, 0.2) is 0 Å².